The van der Waals surface area contributed by atoms with E-state index in [1.54, 1.807) is 0 Å². The second kappa shape index (κ2) is 6.72. The Balaban J connectivity index is 1.77. The molecule has 1 saturated heterocycles. The van der Waals surface area contributed by atoms with Crippen LogP contribution < -0.4 is 4.90 Å². The van der Waals surface area contributed by atoms with E-state index in [0.717, 1.165) is 23.9 Å². The number of hydrogen-bond acceptors (Lipinski definition) is 3. The Morgan fingerprint density at radius 2 is 1.60 bits per heavy atom. The molecule has 1 aliphatic rings. The minimum Gasteiger partial charge on any atom is -0.369 e. The highest BCUT2D eigenvalue weighted by Crippen LogP contribution is 2.26. The van der Waals surface area contributed by atoms with E-state index in [-0.39, 0.29) is 4.90 Å². The molecule has 0 aliphatic carbocycles. The smallest absolute Gasteiger partial charge is 0.243 e. The topological polar surface area (TPSA) is 40.6 Å². The van der Waals surface area contributed by atoms with Gasteiger partial charge in [0, 0.05) is 31.9 Å². The van der Waals surface area contributed by atoms with Crippen molar-refractivity contribution in [3.8, 4) is 0 Å². The van der Waals surface area contributed by atoms with Crippen molar-refractivity contribution in [3.63, 3.8) is 0 Å². The van der Waals surface area contributed by atoms with Gasteiger partial charge in [0.2, 0.25) is 10.0 Å². The van der Waals surface area contributed by atoms with E-state index in [2.05, 4.69) is 11.8 Å². The molecule has 134 valence electrons. The van der Waals surface area contributed by atoms with E-state index in [9.17, 15) is 17.2 Å². The number of nitrogens with zero attached hydrogens (tertiary/aromatic N) is 2. The molecule has 0 aromatic heterocycles. The molecule has 2 aromatic rings. The standard InChI is InChI=1S/C18H20F2N2O2S/c1-13-4-3-5-18(14(13)2)21-8-10-22(11-9-21)25(23,24)15-6-7-16(19)17(20)12-15/h3-7,12H,8-11H2,1-2H3. The van der Waals surface area contributed by atoms with Gasteiger partial charge < -0.3 is 4.90 Å². The van der Waals surface area contributed by atoms with Gasteiger partial charge in [0.1, 0.15) is 0 Å². The number of anilines is 1. The SMILES string of the molecule is Cc1cccc(N2CCN(S(=O)(=O)c3ccc(F)c(F)c3)CC2)c1C. The molecule has 0 atom stereocenters. The molecule has 4 nitrogen and oxygen atoms in total. The summed E-state index contributed by atoms with van der Waals surface area (Å²) in [5.74, 6) is -2.21. The van der Waals surface area contributed by atoms with Gasteiger partial charge in [-0.3, -0.25) is 0 Å². The molecule has 2 aromatic carbocycles. The molecule has 1 heterocycles. The summed E-state index contributed by atoms with van der Waals surface area (Å²) in [6, 6.07) is 8.74. The van der Waals surface area contributed by atoms with Crippen LogP contribution >= 0.6 is 0 Å². The van der Waals surface area contributed by atoms with Gasteiger partial charge in [-0.05, 0) is 49.2 Å². The zero-order chi connectivity index (χ0) is 18.2. The van der Waals surface area contributed by atoms with Crippen LogP contribution in [-0.2, 0) is 10.0 Å². The highest BCUT2D eigenvalue weighted by atomic mass is 32.2. The minimum atomic E-state index is -3.83. The van der Waals surface area contributed by atoms with Crippen molar-refractivity contribution < 1.29 is 17.2 Å². The van der Waals surface area contributed by atoms with Crippen molar-refractivity contribution in [2.45, 2.75) is 18.7 Å². The molecule has 0 N–H and O–H groups in total. The third-order valence-corrected chi connectivity index (χ3v) is 6.58. The van der Waals surface area contributed by atoms with E-state index in [1.165, 1.54) is 15.4 Å². The number of piperazine rings is 1. The highest BCUT2D eigenvalue weighted by Gasteiger charge is 2.29. The van der Waals surface area contributed by atoms with Gasteiger partial charge in [-0.15, -0.1) is 0 Å². The van der Waals surface area contributed by atoms with E-state index < -0.39 is 21.7 Å². The van der Waals surface area contributed by atoms with Crippen LogP contribution in [0, 0.1) is 25.5 Å². The summed E-state index contributed by atoms with van der Waals surface area (Å²) in [6.45, 7) is 5.79. The minimum absolute atomic E-state index is 0.216. The Labute approximate surface area is 146 Å². The summed E-state index contributed by atoms with van der Waals surface area (Å²) >= 11 is 0. The number of aryl methyl sites for hydroxylation is 1. The maximum atomic E-state index is 13.4. The lowest BCUT2D eigenvalue weighted by Gasteiger charge is -2.36. The lowest BCUT2D eigenvalue weighted by atomic mass is 10.1. The maximum Gasteiger partial charge on any atom is 0.243 e. The molecule has 0 radical (unpaired) electrons. The average molecular weight is 366 g/mol. The molecule has 0 saturated carbocycles. The largest absolute Gasteiger partial charge is 0.369 e. The summed E-state index contributed by atoms with van der Waals surface area (Å²) in [5.41, 5.74) is 3.47. The van der Waals surface area contributed by atoms with Gasteiger partial charge in [-0.1, -0.05) is 12.1 Å². The first-order chi connectivity index (χ1) is 11.8. The van der Waals surface area contributed by atoms with E-state index in [1.807, 2.05) is 25.1 Å². The Morgan fingerprint density at radius 3 is 2.24 bits per heavy atom. The fraction of sp³-hybridized carbons (Fsp3) is 0.333. The Morgan fingerprint density at radius 1 is 0.920 bits per heavy atom. The maximum absolute atomic E-state index is 13.4. The van der Waals surface area contributed by atoms with Gasteiger partial charge in [-0.25, -0.2) is 17.2 Å². The summed E-state index contributed by atoms with van der Waals surface area (Å²) in [4.78, 5) is 1.94. The summed E-state index contributed by atoms with van der Waals surface area (Å²) in [5, 5.41) is 0. The molecule has 7 heteroatoms. The lowest BCUT2D eigenvalue weighted by molar-refractivity contribution is 0.384. The van der Waals surface area contributed by atoms with Crippen LogP contribution in [0.2, 0.25) is 0 Å². The van der Waals surface area contributed by atoms with Gasteiger partial charge in [-0.2, -0.15) is 4.31 Å². The van der Waals surface area contributed by atoms with E-state index >= 15 is 0 Å². The van der Waals surface area contributed by atoms with Crippen molar-refractivity contribution in [1.29, 1.82) is 0 Å². The predicted molar refractivity (Wildman–Crippen MR) is 93.2 cm³/mol. The fourth-order valence-electron chi connectivity index (χ4n) is 3.03. The summed E-state index contributed by atoms with van der Waals surface area (Å²) in [6.07, 6.45) is 0. The van der Waals surface area contributed by atoms with Crippen LogP contribution in [0.15, 0.2) is 41.3 Å². The first-order valence-corrected chi connectivity index (χ1v) is 9.51. The first-order valence-electron chi connectivity index (χ1n) is 8.07. The lowest BCUT2D eigenvalue weighted by Crippen LogP contribution is -2.48. The number of sulfonamides is 1. The second-order valence-electron chi connectivity index (χ2n) is 6.19. The Kier molecular flexibility index (Phi) is 4.79. The van der Waals surface area contributed by atoms with Crippen LogP contribution in [-0.4, -0.2) is 38.9 Å². The molecule has 1 fully saturated rings. The zero-order valence-corrected chi connectivity index (χ0v) is 15.0. The van der Waals surface area contributed by atoms with Crippen LogP contribution in [0.5, 0.6) is 0 Å². The van der Waals surface area contributed by atoms with E-state index in [4.69, 9.17) is 0 Å². The first kappa shape index (κ1) is 17.8. The summed E-state index contributed by atoms with van der Waals surface area (Å²) in [7, 11) is -3.83. The molecule has 0 unspecified atom stereocenters. The zero-order valence-electron chi connectivity index (χ0n) is 14.2. The van der Waals surface area contributed by atoms with Crippen molar-refractivity contribution in [2.75, 3.05) is 31.1 Å². The second-order valence-corrected chi connectivity index (χ2v) is 8.12. The highest BCUT2D eigenvalue weighted by molar-refractivity contribution is 7.89. The van der Waals surface area contributed by atoms with Crippen molar-refractivity contribution >= 4 is 15.7 Å². The van der Waals surface area contributed by atoms with Crippen molar-refractivity contribution in [2.24, 2.45) is 0 Å². The Hall–Kier alpha value is -1.99. The molecule has 3 rings (SSSR count). The molecular formula is C18H20F2N2O2S. The van der Waals surface area contributed by atoms with Crippen LogP contribution in [0.4, 0.5) is 14.5 Å². The number of benzene rings is 2. The van der Waals surface area contributed by atoms with Gasteiger partial charge >= 0.3 is 0 Å². The molecule has 25 heavy (non-hydrogen) atoms. The average Bonchev–Trinajstić information content (AvgIpc) is 2.60. The molecular weight excluding hydrogens is 346 g/mol. The van der Waals surface area contributed by atoms with Crippen LogP contribution in [0.1, 0.15) is 11.1 Å². The number of hydrogen-bond donors (Lipinski definition) is 0. The molecule has 1 aliphatic heterocycles. The molecule has 0 bridgehead atoms. The van der Waals surface area contributed by atoms with Gasteiger partial charge in [0.15, 0.2) is 11.6 Å². The van der Waals surface area contributed by atoms with Crippen molar-refractivity contribution in [1.82, 2.24) is 4.31 Å². The monoisotopic (exact) mass is 366 g/mol. The fourth-order valence-corrected chi connectivity index (χ4v) is 4.47. The third-order valence-electron chi connectivity index (χ3n) is 4.68. The third kappa shape index (κ3) is 3.39. The normalized spacial score (nSPS) is 16.2. The number of rotatable bonds is 3. The van der Waals surface area contributed by atoms with Crippen LogP contribution in [0.3, 0.4) is 0 Å². The predicted octanol–water partition coefficient (Wildman–Crippen LogP) is 3.09. The Bertz CT molecular complexity index is 892. The summed E-state index contributed by atoms with van der Waals surface area (Å²) < 4.78 is 53.0. The van der Waals surface area contributed by atoms with Gasteiger partial charge in [0.05, 0.1) is 4.90 Å². The van der Waals surface area contributed by atoms with Crippen molar-refractivity contribution in [3.05, 3.63) is 59.2 Å². The molecule has 0 spiro atoms. The van der Waals surface area contributed by atoms with Gasteiger partial charge in [0.25, 0.3) is 0 Å². The van der Waals surface area contributed by atoms with E-state index in [0.29, 0.717) is 26.2 Å². The number of halogens is 2. The molecule has 0 amide bonds. The quantitative estimate of drug-likeness (QED) is 0.838. The van der Waals surface area contributed by atoms with Crippen LogP contribution in [0.25, 0.3) is 0 Å².